The van der Waals surface area contributed by atoms with E-state index in [9.17, 15) is 15.0 Å². The SMILES string of the molecule is Cc1ccc(NC(=O)c2ccc(O)cc2O)cc1N(C)C. The number of aromatic hydroxyl groups is 2. The molecule has 0 saturated heterocycles. The summed E-state index contributed by atoms with van der Waals surface area (Å²) in [4.78, 5) is 14.1. The summed E-state index contributed by atoms with van der Waals surface area (Å²) in [5.41, 5.74) is 2.86. The second-order valence-electron chi connectivity index (χ2n) is 5.05. The van der Waals surface area contributed by atoms with Gasteiger partial charge in [0.05, 0.1) is 5.56 Å². The van der Waals surface area contributed by atoms with E-state index in [2.05, 4.69) is 5.32 Å². The van der Waals surface area contributed by atoms with Crippen molar-refractivity contribution < 1.29 is 15.0 Å². The Bertz CT molecular complexity index is 681. The Morgan fingerprint density at radius 2 is 1.81 bits per heavy atom. The van der Waals surface area contributed by atoms with Crippen LogP contribution < -0.4 is 10.2 Å². The standard InChI is InChI=1S/C16H18N2O3/c1-10-4-5-11(8-14(10)18(2)3)17-16(21)13-7-6-12(19)9-15(13)20/h4-9,19-20H,1-3H3,(H,17,21). The summed E-state index contributed by atoms with van der Waals surface area (Å²) in [6.07, 6.45) is 0. The van der Waals surface area contributed by atoms with Crippen molar-refractivity contribution in [2.45, 2.75) is 6.92 Å². The van der Waals surface area contributed by atoms with Crippen molar-refractivity contribution >= 4 is 17.3 Å². The fourth-order valence-electron chi connectivity index (χ4n) is 2.08. The van der Waals surface area contributed by atoms with Crippen LogP contribution in [0.4, 0.5) is 11.4 Å². The minimum atomic E-state index is -0.430. The largest absolute Gasteiger partial charge is 0.508 e. The van der Waals surface area contributed by atoms with Gasteiger partial charge < -0.3 is 20.4 Å². The number of hydrogen-bond donors (Lipinski definition) is 3. The van der Waals surface area contributed by atoms with Gasteiger partial charge in [-0.25, -0.2) is 0 Å². The molecule has 0 fully saturated rings. The zero-order valence-electron chi connectivity index (χ0n) is 12.2. The van der Waals surface area contributed by atoms with Crippen LogP contribution in [0.2, 0.25) is 0 Å². The highest BCUT2D eigenvalue weighted by Gasteiger charge is 2.12. The van der Waals surface area contributed by atoms with Crippen LogP contribution in [0, 0.1) is 6.92 Å². The van der Waals surface area contributed by atoms with E-state index in [1.807, 2.05) is 38.1 Å². The molecule has 5 heteroatoms. The lowest BCUT2D eigenvalue weighted by molar-refractivity contribution is 0.102. The lowest BCUT2D eigenvalue weighted by Gasteiger charge is -2.17. The number of amides is 1. The molecule has 110 valence electrons. The van der Waals surface area contributed by atoms with Gasteiger partial charge in [-0.2, -0.15) is 0 Å². The van der Waals surface area contributed by atoms with E-state index >= 15 is 0 Å². The van der Waals surface area contributed by atoms with Crippen LogP contribution in [0.1, 0.15) is 15.9 Å². The third-order valence-corrected chi connectivity index (χ3v) is 3.17. The first-order chi connectivity index (χ1) is 9.88. The van der Waals surface area contributed by atoms with E-state index in [0.717, 1.165) is 17.3 Å². The maximum Gasteiger partial charge on any atom is 0.259 e. The third kappa shape index (κ3) is 3.25. The van der Waals surface area contributed by atoms with E-state index in [4.69, 9.17) is 0 Å². The predicted octanol–water partition coefficient (Wildman–Crippen LogP) is 2.72. The summed E-state index contributed by atoms with van der Waals surface area (Å²) in [6.45, 7) is 1.99. The van der Waals surface area contributed by atoms with Gasteiger partial charge in [0.25, 0.3) is 5.91 Å². The van der Waals surface area contributed by atoms with Crippen molar-refractivity contribution in [3.05, 3.63) is 47.5 Å². The first-order valence-electron chi connectivity index (χ1n) is 6.50. The third-order valence-electron chi connectivity index (χ3n) is 3.17. The molecule has 21 heavy (non-hydrogen) atoms. The molecule has 3 N–H and O–H groups in total. The van der Waals surface area contributed by atoms with Gasteiger partial charge in [-0.05, 0) is 36.8 Å². The first-order valence-corrected chi connectivity index (χ1v) is 6.50. The fourth-order valence-corrected chi connectivity index (χ4v) is 2.08. The monoisotopic (exact) mass is 286 g/mol. The molecule has 0 saturated carbocycles. The van der Waals surface area contributed by atoms with Crippen molar-refractivity contribution in [2.24, 2.45) is 0 Å². The van der Waals surface area contributed by atoms with Gasteiger partial charge >= 0.3 is 0 Å². The van der Waals surface area contributed by atoms with Gasteiger partial charge in [-0.15, -0.1) is 0 Å². The Labute approximate surface area is 123 Å². The number of phenolic OH excluding ortho intramolecular Hbond substituents is 2. The average molecular weight is 286 g/mol. The molecule has 2 rings (SSSR count). The number of phenols is 2. The summed E-state index contributed by atoms with van der Waals surface area (Å²) >= 11 is 0. The molecule has 1 amide bonds. The number of hydrogen-bond acceptors (Lipinski definition) is 4. The minimum absolute atomic E-state index is 0.0886. The fraction of sp³-hybridized carbons (Fsp3) is 0.188. The topological polar surface area (TPSA) is 72.8 Å². The molecule has 0 aliphatic heterocycles. The Morgan fingerprint density at radius 3 is 2.43 bits per heavy atom. The molecule has 0 atom stereocenters. The molecule has 0 spiro atoms. The molecular weight excluding hydrogens is 268 g/mol. The van der Waals surface area contributed by atoms with Crippen LogP contribution in [-0.4, -0.2) is 30.2 Å². The molecule has 0 radical (unpaired) electrons. The number of nitrogens with zero attached hydrogens (tertiary/aromatic N) is 1. The van der Waals surface area contributed by atoms with Crippen LogP contribution >= 0.6 is 0 Å². The first kappa shape index (κ1) is 14.7. The van der Waals surface area contributed by atoms with Crippen LogP contribution in [0.25, 0.3) is 0 Å². The molecule has 2 aromatic carbocycles. The maximum atomic E-state index is 12.1. The molecule has 0 aliphatic rings. The van der Waals surface area contributed by atoms with Gasteiger partial charge in [0, 0.05) is 31.5 Å². The van der Waals surface area contributed by atoms with E-state index < -0.39 is 5.91 Å². The summed E-state index contributed by atoms with van der Waals surface area (Å²) in [7, 11) is 3.86. The van der Waals surface area contributed by atoms with Crippen LogP contribution in [0.5, 0.6) is 11.5 Å². The van der Waals surface area contributed by atoms with Gasteiger partial charge in [0.15, 0.2) is 0 Å². The quantitative estimate of drug-likeness (QED) is 0.811. The zero-order valence-corrected chi connectivity index (χ0v) is 12.2. The number of benzene rings is 2. The highest BCUT2D eigenvalue weighted by molar-refractivity contribution is 6.06. The molecule has 0 heterocycles. The molecule has 2 aromatic rings. The van der Waals surface area contributed by atoms with Gasteiger partial charge in [-0.3, -0.25) is 4.79 Å². The van der Waals surface area contributed by atoms with Crippen molar-refractivity contribution in [2.75, 3.05) is 24.3 Å². The molecule has 0 aliphatic carbocycles. The summed E-state index contributed by atoms with van der Waals surface area (Å²) in [5.74, 6) is -0.775. The number of carbonyl (C=O) groups is 1. The number of aryl methyl sites for hydroxylation is 1. The smallest absolute Gasteiger partial charge is 0.259 e. The zero-order chi connectivity index (χ0) is 15.6. The average Bonchev–Trinajstić information content (AvgIpc) is 2.40. The Hall–Kier alpha value is -2.69. The number of nitrogens with one attached hydrogen (secondary N) is 1. The van der Waals surface area contributed by atoms with Gasteiger partial charge in [0.1, 0.15) is 11.5 Å². The summed E-state index contributed by atoms with van der Waals surface area (Å²) < 4.78 is 0. The van der Waals surface area contributed by atoms with Crippen molar-refractivity contribution in [3.63, 3.8) is 0 Å². The van der Waals surface area contributed by atoms with Crippen molar-refractivity contribution in [3.8, 4) is 11.5 Å². The second-order valence-corrected chi connectivity index (χ2v) is 5.05. The minimum Gasteiger partial charge on any atom is -0.508 e. The van der Waals surface area contributed by atoms with Crippen LogP contribution in [-0.2, 0) is 0 Å². The Balaban J connectivity index is 2.25. The summed E-state index contributed by atoms with van der Waals surface area (Å²) in [6, 6.07) is 9.45. The predicted molar refractivity (Wildman–Crippen MR) is 83.2 cm³/mol. The molecule has 5 nitrogen and oxygen atoms in total. The second kappa shape index (κ2) is 5.75. The lowest BCUT2D eigenvalue weighted by atomic mass is 10.1. The Morgan fingerprint density at radius 1 is 1.10 bits per heavy atom. The van der Waals surface area contributed by atoms with E-state index in [1.54, 1.807) is 6.07 Å². The van der Waals surface area contributed by atoms with E-state index in [1.165, 1.54) is 12.1 Å². The summed E-state index contributed by atoms with van der Waals surface area (Å²) in [5, 5.41) is 21.7. The van der Waals surface area contributed by atoms with Crippen LogP contribution in [0.3, 0.4) is 0 Å². The van der Waals surface area contributed by atoms with Gasteiger partial charge in [0.2, 0.25) is 0 Å². The number of rotatable bonds is 3. The van der Waals surface area contributed by atoms with E-state index in [0.29, 0.717) is 5.69 Å². The highest BCUT2D eigenvalue weighted by atomic mass is 16.3. The molecular formula is C16H18N2O3. The van der Waals surface area contributed by atoms with Crippen molar-refractivity contribution in [1.82, 2.24) is 0 Å². The number of anilines is 2. The highest BCUT2D eigenvalue weighted by Crippen LogP contribution is 2.26. The molecule has 0 aromatic heterocycles. The lowest BCUT2D eigenvalue weighted by Crippen LogP contribution is -2.14. The van der Waals surface area contributed by atoms with Crippen LogP contribution in [0.15, 0.2) is 36.4 Å². The van der Waals surface area contributed by atoms with Crippen molar-refractivity contribution in [1.29, 1.82) is 0 Å². The normalized spacial score (nSPS) is 10.2. The Kier molecular flexibility index (Phi) is 4.03. The van der Waals surface area contributed by atoms with Gasteiger partial charge in [-0.1, -0.05) is 6.07 Å². The maximum absolute atomic E-state index is 12.1. The molecule has 0 bridgehead atoms. The number of carbonyl (C=O) groups excluding carboxylic acids is 1. The molecule has 0 unspecified atom stereocenters. The van der Waals surface area contributed by atoms with E-state index in [-0.39, 0.29) is 17.1 Å².